The quantitative estimate of drug-likeness (QED) is 0.805. The number of nitrogens with zero attached hydrogens (tertiary/aromatic N) is 3. The second kappa shape index (κ2) is 5.41. The van der Waals surface area contributed by atoms with Crippen LogP contribution in [0, 0.1) is 6.92 Å². The van der Waals surface area contributed by atoms with E-state index in [1.165, 1.54) is 6.20 Å². The molecule has 0 spiro atoms. The lowest BCUT2D eigenvalue weighted by Gasteiger charge is -1.94. The van der Waals surface area contributed by atoms with E-state index >= 15 is 0 Å². The largest absolute Gasteiger partial charge is 0.382 e. The number of aryl methyl sites for hydroxylation is 1. The van der Waals surface area contributed by atoms with Crippen LogP contribution in [-0.4, -0.2) is 15.0 Å². The minimum atomic E-state index is 0.422. The average Bonchev–Trinajstić information content (AvgIpc) is 2.68. The second-order valence-electron chi connectivity index (χ2n) is 2.62. The van der Waals surface area contributed by atoms with Crippen molar-refractivity contribution in [1.82, 2.24) is 15.0 Å². The van der Waals surface area contributed by atoms with Gasteiger partial charge in [-0.2, -0.15) is 0 Å². The molecule has 0 saturated heterocycles. The molecule has 0 fully saturated rings. The number of nitrogens with two attached hydrogens (primary N) is 1. The molecule has 0 atom stereocenters. The van der Waals surface area contributed by atoms with Crippen molar-refractivity contribution in [3.05, 3.63) is 23.5 Å². The van der Waals surface area contributed by atoms with Crippen molar-refractivity contribution < 1.29 is 0 Å². The maximum absolute atomic E-state index is 5.51. The van der Waals surface area contributed by atoms with E-state index in [-0.39, 0.29) is 0 Å². The molecule has 2 rings (SSSR count). The summed E-state index contributed by atoms with van der Waals surface area (Å²) < 4.78 is 0. The SMILES string of the molecule is CC.Cc1csc(-c2cncc(N)n2)n1. The standard InChI is InChI=1S/C8H8N4S.C2H6/c1-5-4-13-8(11-5)6-2-10-3-7(9)12-6;1-2/h2-4H,1H3,(H2,9,12);1-2H3. The van der Waals surface area contributed by atoms with Gasteiger partial charge in [0.25, 0.3) is 0 Å². The van der Waals surface area contributed by atoms with Gasteiger partial charge in [-0.15, -0.1) is 11.3 Å². The maximum atomic E-state index is 5.51. The van der Waals surface area contributed by atoms with Crippen LogP contribution in [-0.2, 0) is 0 Å². The van der Waals surface area contributed by atoms with Crippen molar-refractivity contribution in [2.24, 2.45) is 0 Å². The summed E-state index contributed by atoms with van der Waals surface area (Å²) in [6, 6.07) is 0. The Hall–Kier alpha value is -1.49. The first kappa shape index (κ1) is 11.6. The predicted molar refractivity (Wildman–Crippen MR) is 63.6 cm³/mol. The topological polar surface area (TPSA) is 64.7 Å². The van der Waals surface area contributed by atoms with Gasteiger partial charge in [0.1, 0.15) is 16.5 Å². The van der Waals surface area contributed by atoms with Gasteiger partial charge in [0.15, 0.2) is 0 Å². The Morgan fingerprint density at radius 3 is 2.47 bits per heavy atom. The molecule has 0 radical (unpaired) electrons. The minimum absolute atomic E-state index is 0.422. The summed E-state index contributed by atoms with van der Waals surface area (Å²) in [5, 5.41) is 2.83. The second-order valence-corrected chi connectivity index (χ2v) is 3.48. The van der Waals surface area contributed by atoms with E-state index in [1.54, 1.807) is 17.5 Å². The number of rotatable bonds is 1. The van der Waals surface area contributed by atoms with E-state index in [2.05, 4.69) is 15.0 Å². The van der Waals surface area contributed by atoms with Crippen LogP contribution < -0.4 is 5.73 Å². The smallest absolute Gasteiger partial charge is 0.143 e. The predicted octanol–water partition coefficient (Wildman–Crippen LogP) is 2.52. The molecular formula is C10H14N4S. The number of hydrogen-bond donors (Lipinski definition) is 1. The zero-order valence-electron chi connectivity index (χ0n) is 9.06. The van der Waals surface area contributed by atoms with Gasteiger partial charge in [-0.3, -0.25) is 4.98 Å². The lowest BCUT2D eigenvalue weighted by molar-refractivity contribution is 1.19. The Kier molecular flexibility index (Phi) is 4.17. The van der Waals surface area contributed by atoms with Gasteiger partial charge < -0.3 is 5.73 Å². The summed E-state index contributed by atoms with van der Waals surface area (Å²) >= 11 is 1.54. The number of thiazole rings is 1. The van der Waals surface area contributed by atoms with Crippen molar-refractivity contribution in [2.45, 2.75) is 20.8 Å². The van der Waals surface area contributed by atoms with Crippen LogP contribution in [0.15, 0.2) is 17.8 Å². The number of nitrogen functional groups attached to an aromatic ring is 1. The zero-order chi connectivity index (χ0) is 11.3. The molecule has 80 valence electrons. The Morgan fingerprint density at radius 2 is 1.93 bits per heavy atom. The van der Waals surface area contributed by atoms with Crippen LogP contribution in [0.3, 0.4) is 0 Å². The van der Waals surface area contributed by atoms with Crippen LogP contribution in [0.2, 0.25) is 0 Å². The fourth-order valence-electron chi connectivity index (χ4n) is 0.956. The van der Waals surface area contributed by atoms with Crippen molar-refractivity contribution >= 4 is 17.2 Å². The molecule has 2 aromatic rings. The first-order valence-electron chi connectivity index (χ1n) is 4.76. The maximum Gasteiger partial charge on any atom is 0.143 e. The molecule has 0 aliphatic heterocycles. The summed E-state index contributed by atoms with van der Waals surface area (Å²) in [5.41, 5.74) is 7.23. The molecule has 2 aromatic heterocycles. The normalized spacial score (nSPS) is 9.27. The van der Waals surface area contributed by atoms with Gasteiger partial charge in [-0.1, -0.05) is 13.8 Å². The van der Waals surface area contributed by atoms with Gasteiger partial charge in [-0.25, -0.2) is 9.97 Å². The summed E-state index contributed by atoms with van der Waals surface area (Å²) in [5.74, 6) is 0.422. The summed E-state index contributed by atoms with van der Waals surface area (Å²) in [7, 11) is 0. The Morgan fingerprint density at radius 1 is 1.20 bits per heavy atom. The number of hydrogen-bond acceptors (Lipinski definition) is 5. The summed E-state index contributed by atoms with van der Waals surface area (Å²) in [4.78, 5) is 12.4. The Bertz CT molecular complexity index is 425. The third-order valence-electron chi connectivity index (χ3n) is 1.49. The monoisotopic (exact) mass is 222 g/mol. The van der Waals surface area contributed by atoms with Gasteiger partial charge in [0.05, 0.1) is 12.4 Å². The molecule has 15 heavy (non-hydrogen) atoms. The third-order valence-corrected chi connectivity index (χ3v) is 2.47. The average molecular weight is 222 g/mol. The van der Waals surface area contributed by atoms with Crippen LogP contribution in [0.25, 0.3) is 10.7 Å². The fourth-order valence-corrected chi connectivity index (χ4v) is 1.71. The molecule has 4 nitrogen and oxygen atoms in total. The third kappa shape index (κ3) is 2.99. The van der Waals surface area contributed by atoms with Crippen LogP contribution in [0.1, 0.15) is 19.5 Å². The number of anilines is 1. The van der Waals surface area contributed by atoms with E-state index in [1.807, 2.05) is 26.2 Å². The minimum Gasteiger partial charge on any atom is -0.382 e. The van der Waals surface area contributed by atoms with Crippen molar-refractivity contribution in [3.63, 3.8) is 0 Å². The van der Waals surface area contributed by atoms with E-state index in [0.29, 0.717) is 5.82 Å². The summed E-state index contributed by atoms with van der Waals surface area (Å²) in [6.07, 6.45) is 3.18. The molecule has 0 aliphatic carbocycles. The van der Waals surface area contributed by atoms with E-state index in [0.717, 1.165) is 16.4 Å². The summed E-state index contributed by atoms with van der Waals surface area (Å²) in [6.45, 7) is 5.94. The highest BCUT2D eigenvalue weighted by atomic mass is 32.1. The highest BCUT2D eigenvalue weighted by molar-refractivity contribution is 7.13. The van der Waals surface area contributed by atoms with Crippen LogP contribution in [0.5, 0.6) is 0 Å². The van der Waals surface area contributed by atoms with E-state index in [4.69, 9.17) is 5.73 Å². The highest BCUT2D eigenvalue weighted by Crippen LogP contribution is 2.20. The van der Waals surface area contributed by atoms with Crippen molar-refractivity contribution in [3.8, 4) is 10.7 Å². The zero-order valence-corrected chi connectivity index (χ0v) is 9.88. The molecule has 2 heterocycles. The van der Waals surface area contributed by atoms with Crippen LogP contribution >= 0.6 is 11.3 Å². The van der Waals surface area contributed by atoms with Crippen molar-refractivity contribution in [2.75, 3.05) is 5.73 Å². The molecule has 0 unspecified atom stereocenters. The molecule has 2 N–H and O–H groups in total. The van der Waals surface area contributed by atoms with Gasteiger partial charge in [-0.05, 0) is 6.92 Å². The Balaban J connectivity index is 0.000000531. The lowest BCUT2D eigenvalue weighted by atomic mass is 10.4. The van der Waals surface area contributed by atoms with Gasteiger partial charge >= 0.3 is 0 Å². The molecule has 5 heteroatoms. The Labute approximate surface area is 93.2 Å². The van der Waals surface area contributed by atoms with E-state index < -0.39 is 0 Å². The first-order chi connectivity index (χ1) is 7.25. The first-order valence-corrected chi connectivity index (χ1v) is 5.64. The molecule has 0 aliphatic rings. The fraction of sp³-hybridized carbons (Fsp3) is 0.300. The molecule has 0 aromatic carbocycles. The van der Waals surface area contributed by atoms with Gasteiger partial charge in [0.2, 0.25) is 0 Å². The van der Waals surface area contributed by atoms with Crippen LogP contribution in [0.4, 0.5) is 5.82 Å². The van der Waals surface area contributed by atoms with E-state index in [9.17, 15) is 0 Å². The van der Waals surface area contributed by atoms with Gasteiger partial charge in [0, 0.05) is 11.1 Å². The highest BCUT2D eigenvalue weighted by Gasteiger charge is 2.03. The number of aromatic nitrogens is 3. The lowest BCUT2D eigenvalue weighted by Crippen LogP contribution is -1.93. The van der Waals surface area contributed by atoms with Crippen molar-refractivity contribution in [1.29, 1.82) is 0 Å². The molecule has 0 bridgehead atoms. The molecule has 0 saturated carbocycles. The molecular weight excluding hydrogens is 208 g/mol. The molecule has 0 amide bonds.